The predicted octanol–water partition coefficient (Wildman–Crippen LogP) is 4.96. The zero-order valence-corrected chi connectivity index (χ0v) is 18.0. The van der Waals surface area contributed by atoms with Gasteiger partial charge in [-0.15, -0.1) is 0 Å². The van der Waals surface area contributed by atoms with Gasteiger partial charge in [-0.1, -0.05) is 60.2 Å². The highest BCUT2D eigenvalue weighted by atomic mass is 16.2. The molecule has 1 aromatic heterocycles. The third-order valence-electron chi connectivity index (χ3n) is 5.78. The first-order chi connectivity index (χ1) is 15.7. The number of aromatic nitrogens is 2. The molecule has 0 unspecified atom stereocenters. The number of urea groups is 1. The van der Waals surface area contributed by atoms with E-state index in [1.54, 1.807) is 0 Å². The minimum atomic E-state index is -0.0660. The van der Waals surface area contributed by atoms with E-state index >= 15 is 0 Å². The fourth-order valence-corrected chi connectivity index (χ4v) is 3.98. The van der Waals surface area contributed by atoms with Crippen LogP contribution in [0.3, 0.4) is 0 Å². The lowest BCUT2D eigenvalue weighted by molar-refractivity contribution is 0.208. The molecule has 0 aliphatic carbocycles. The molecule has 1 fully saturated rings. The smallest absolute Gasteiger partial charge is 0.321 e. The van der Waals surface area contributed by atoms with Crippen LogP contribution in [0, 0.1) is 6.92 Å². The summed E-state index contributed by atoms with van der Waals surface area (Å²) < 4.78 is 0. The number of amides is 2. The van der Waals surface area contributed by atoms with Crippen molar-refractivity contribution in [2.24, 2.45) is 0 Å². The summed E-state index contributed by atoms with van der Waals surface area (Å²) in [6.45, 7) is 4.78. The first-order valence-electron chi connectivity index (χ1n) is 10.9. The maximum absolute atomic E-state index is 12.7. The van der Waals surface area contributed by atoms with Crippen LogP contribution in [0.5, 0.6) is 0 Å². The lowest BCUT2D eigenvalue weighted by atomic mass is 10.1. The molecule has 2 heterocycles. The average molecular weight is 424 g/mol. The Balaban J connectivity index is 1.38. The van der Waals surface area contributed by atoms with Crippen LogP contribution in [0.25, 0.3) is 22.3 Å². The maximum Gasteiger partial charge on any atom is 0.321 e. The molecule has 0 saturated carbocycles. The molecule has 32 heavy (non-hydrogen) atoms. The second-order valence-electron chi connectivity index (χ2n) is 8.02. The Morgan fingerprint density at radius 2 is 1.50 bits per heavy atom. The van der Waals surface area contributed by atoms with Crippen molar-refractivity contribution >= 4 is 28.4 Å². The number of aryl methyl sites for hydroxylation is 1. The van der Waals surface area contributed by atoms with Gasteiger partial charge in [0.25, 0.3) is 0 Å². The van der Waals surface area contributed by atoms with Gasteiger partial charge in [0.1, 0.15) is 5.82 Å². The molecule has 6 nitrogen and oxygen atoms in total. The Morgan fingerprint density at radius 3 is 2.25 bits per heavy atom. The lowest BCUT2D eigenvalue weighted by Crippen LogP contribution is -2.50. The predicted molar refractivity (Wildman–Crippen MR) is 129 cm³/mol. The molecule has 1 saturated heterocycles. The minimum Gasteiger partial charge on any atom is -0.352 e. The number of rotatable bonds is 3. The fraction of sp³-hybridized carbons (Fsp3) is 0.192. The minimum absolute atomic E-state index is 0.0660. The highest BCUT2D eigenvalue weighted by Crippen LogP contribution is 2.28. The molecule has 1 aliphatic heterocycles. The highest BCUT2D eigenvalue weighted by molar-refractivity contribution is 5.92. The second-order valence-corrected chi connectivity index (χ2v) is 8.02. The number of hydrogen-bond donors (Lipinski definition) is 1. The molecule has 4 aromatic rings. The number of anilines is 2. The van der Waals surface area contributed by atoms with Gasteiger partial charge >= 0.3 is 6.03 Å². The normalized spacial score (nSPS) is 13.9. The molecular formula is C26H25N5O. The number of fused-ring (bicyclic) bond motifs is 1. The number of nitrogens with zero attached hydrogens (tertiary/aromatic N) is 4. The third kappa shape index (κ3) is 4.12. The molecule has 160 valence electrons. The molecule has 5 rings (SSSR count). The van der Waals surface area contributed by atoms with E-state index in [9.17, 15) is 4.79 Å². The van der Waals surface area contributed by atoms with Crippen molar-refractivity contribution in [3.8, 4) is 11.4 Å². The summed E-state index contributed by atoms with van der Waals surface area (Å²) in [5, 5.41) is 4.01. The third-order valence-corrected chi connectivity index (χ3v) is 5.78. The van der Waals surface area contributed by atoms with Crippen molar-refractivity contribution in [2.45, 2.75) is 6.92 Å². The first-order valence-corrected chi connectivity index (χ1v) is 10.9. The fourth-order valence-electron chi connectivity index (χ4n) is 3.98. The van der Waals surface area contributed by atoms with Crippen molar-refractivity contribution in [1.82, 2.24) is 14.9 Å². The molecule has 3 aromatic carbocycles. The zero-order valence-electron chi connectivity index (χ0n) is 18.0. The summed E-state index contributed by atoms with van der Waals surface area (Å²) in [6, 6.07) is 25.9. The lowest BCUT2D eigenvalue weighted by Gasteiger charge is -2.35. The van der Waals surface area contributed by atoms with Crippen LogP contribution in [0.1, 0.15) is 5.56 Å². The van der Waals surface area contributed by atoms with E-state index in [2.05, 4.69) is 47.5 Å². The number of para-hydroxylation sites is 2. The molecule has 1 N–H and O–H groups in total. The highest BCUT2D eigenvalue weighted by Gasteiger charge is 2.24. The summed E-state index contributed by atoms with van der Waals surface area (Å²) in [6.07, 6.45) is 0. The summed E-state index contributed by atoms with van der Waals surface area (Å²) in [7, 11) is 0. The Morgan fingerprint density at radius 1 is 0.812 bits per heavy atom. The topological polar surface area (TPSA) is 61.4 Å². The van der Waals surface area contributed by atoms with Gasteiger partial charge in [0.15, 0.2) is 5.82 Å². The van der Waals surface area contributed by atoms with Crippen molar-refractivity contribution < 1.29 is 4.79 Å². The quantitative estimate of drug-likeness (QED) is 0.506. The van der Waals surface area contributed by atoms with Crippen LogP contribution in [-0.2, 0) is 0 Å². The van der Waals surface area contributed by atoms with Gasteiger partial charge in [0.2, 0.25) is 0 Å². The first kappa shape index (κ1) is 20.0. The monoisotopic (exact) mass is 423 g/mol. The van der Waals surface area contributed by atoms with Crippen molar-refractivity contribution in [3.05, 3.63) is 84.4 Å². The number of benzene rings is 3. The van der Waals surface area contributed by atoms with Gasteiger partial charge in [-0.2, -0.15) is 0 Å². The van der Waals surface area contributed by atoms with Gasteiger partial charge < -0.3 is 15.1 Å². The van der Waals surface area contributed by atoms with Crippen molar-refractivity contribution in [2.75, 3.05) is 36.4 Å². The molecule has 1 aliphatic rings. The Bertz CT molecular complexity index is 1230. The van der Waals surface area contributed by atoms with Crippen LogP contribution in [-0.4, -0.2) is 47.1 Å². The number of carbonyl (C=O) groups is 1. The van der Waals surface area contributed by atoms with Crippen LogP contribution in [0.4, 0.5) is 16.3 Å². The standard InChI is InChI=1S/C26H25N5O/c1-19-11-13-20(14-12-19)24-28-23-10-6-5-9-22(23)25(29-24)30-15-17-31(18-16-30)26(32)27-21-7-3-2-4-8-21/h2-14H,15-18H2,1H3,(H,27,32). The summed E-state index contributed by atoms with van der Waals surface area (Å²) >= 11 is 0. The van der Waals surface area contributed by atoms with Gasteiger partial charge in [-0.05, 0) is 31.2 Å². The molecule has 0 atom stereocenters. The van der Waals surface area contributed by atoms with Gasteiger partial charge in [-0.3, -0.25) is 0 Å². The van der Waals surface area contributed by atoms with Crippen LogP contribution in [0.15, 0.2) is 78.9 Å². The van der Waals surface area contributed by atoms with E-state index in [0.29, 0.717) is 13.1 Å². The second kappa shape index (κ2) is 8.67. The number of nitrogens with one attached hydrogen (secondary N) is 1. The Labute approximate surface area is 187 Å². The van der Waals surface area contributed by atoms with E-state index in [-0.39, 0.29) is 6.03 Å². The molecule has 6 heteroatoms. The van der Waals surface area contributed by atoms with E-state index in [1.807, 2.05) is 53.4 Å². The van der Waals surface area contributed by atoms with Crippen molar-refractivity contribution in [1.29, 1.82) is 0 Å². The Hall–Kier alpha value is -3.93. The van der Waals surface area contributed by atoms with Crippen molar-refractivity contribution in [3.63, 3.8) is 0 Å². The maximum atomic E-state index is 12.7. The van der Waals surface area contributed by atoms with E-state index < -0.39 is 0 Å². The van der Waals surface area contributed by atoms with Crippen LogP contribution < -0.4 is 10.2 Å². The van der Waals surface area contributed by atoms with E-state index in [0.717, 1.165) is 46.9 Å². The number of hydrogen-bond acceptors (Lipinski definition) is 4. The Kier molecular flexibility index (Phi) is 5.42. The van der Waals surface area contributed by atoms with Crippen LogP contribution in [0.2, 0.25) is 0 Å². The summed E-state index contributed by atoms with van der Waals surface area (Å²) in [5.41, 5.74) is 3.95. The molecule has 0 radical (unpaired) electrons. The molecular weight excluding hydrogens is 398 g/mol. The zero-order chi connectivity index (χ0) is 21.9. The molecule has 0 spiro atoms. The largest absolute Gasteiger partial charge is 0.352 e. The van der Waals surface area contributed by atoms with Crippen LogP contribution >= 0.6 is 0 Å². The van der Waals surface area contributed by atoms with E-state index in [4.69, 9.17) is 9.97 Å². The summed E-state index contributed by atoms with van der Waals surface area (Å²) in [5.74, 6) is 1.65. The average Bonchev–Trinajstić information content (AvgIpc) is 2.84. The van der Waals surface area contributed by atoms with Gasteiger partial charge in [0, 0.05) is 42.8 Å². The van der Waals surface area contributed by atoms with E-state index in [1.165, 1.54) is 5.56 Å². The number of carbonyl (C=O) groups excluding carboxylic acids is 1. The van der Waals surface area contributed by atoms with Gasteiger partial charge in [-0.25, -0.2) is 14.8 Å². The number of piperazine rings is 1. The molecule has 0 bridgehead atoms. The molecule has 2 amide bonds. The van der Waals surface area contributed by atoms with Gasteiger partial charge in [0.05, 0.1) is 5.52 Å². The summed E-state index contributed by atoms with van der Waals surface area (Å²) in [4.78, 5) is 26.5. The SMILES string of the molecule is Cc1ccc(-c2nc(N3CCN(C(=O)Nc4ccccc4)CC3)c3ccccc3n2)cc1.